The van der Waals surface area contributed by atoms with E-state index < -0.39 is 12.8 Å². The number of ether oxygens (including phenoxy) is 2. The minimum atomic E-state index is -0.751. The zero-order valence-corrected chi connectivity index (χ0v) is 14.4. The first-order chi connectivity index (χ1) is 11.9. The molecule has 1 aliphatic carbocycles. The second-order valence-corrected chi connectivity index (χ2v) is 6.96. The Bertz CT molecular complexity index is 771. The first kappa shape index (κ1) is 17.3. The molecule has 0 bridgehead atoms. The Labute approximate surface area is 146 Å². The third-order valence-electron chi connectivity index (χ3n) is 4.55. The Balaban J connectivity index is 1.86. The van der Waals surface area contributed by atoms with Gasteiger partial charge in [0.05, 0.1) is 0 Å². The van der Waals surface area contributed by atoms with E-state index in [1.54, 1.807) is 0 Å². The molecule has 0 spiro atoms. The van der Waals surface area contributed by atoms with Crippen molar-refractivity contribution >= 4 is 6.09 Å². The largest absolute Gasteiger partial charge is 0.491 e. The van der Waals surface area contributed by atoms with Gasteiger partial charge in [-0.25, -0.2) is 9.18 Å². The molecule has 0 saturated heterocycles. The summed E-state index contributed by atoms with van der Waals surface area (Å²) in [5.74, 6) is 0.651. The van der Waals surface area contributed by atoms with Crippen LogP contribution in [0, 0.1) is 5.41 Å². The van der Waals surface area contributed by atoms with Crippen molar-refractivity contribution in [3.63, 3.8) is 0 Å². The van der Waals surface area contributed by atoms with Crippen LogP contribution in [0.2, 0.25) is 0 Å². The van der Waals surface area contributed by atoms with E-state index in [2.05, 4.69) is 19.9 Å². The van der Waals surface area contributed by atoms with Crippen LogP contribution in [0.1, 0.15) is 31.1 Å². The highest BCUT2D eigenvalue weighted by molar-refractivity contribution is 5.68. The quantitative estimate of drug-likeness (QED) is 0.874. The molecule has 0 radical (unpaired) electrons. The molecule has 25 heavy (non-hydrogen) atoms. The summed E-state index contributed by atoms with van der Waals surface area (Å²) in [6.45, 7) is 3.69. The number of carbonyl (C=O) groups is 1. The first-order valence-corrected chi connectivity index (χ1v) is 8.29. The number of alkyl halides is 1. The lowest BCUT2D eigenvalue weighted by Gasteiger charge is -2.26. The molecule has 0 aliphatic heterocycles. The molecule has 2 aromatic rings. The highest BCUT2D eigenvalue weighted by atomic mass is 19.1. The molecule has 1 unspecified atom stereocenters. The van der Waals surface area contributed by atoms with Crippen molar-refractivity contribution in [2.24, 2.45) is 11.1 Å². The predicted molar refractivity (Wildman–Crippen MR) is 94.2 cm³/mol. The van der Waals surface area contributed by atoms with E-state index in [-0.39, 0.29) is 18.1 Å². The number of rotatable bonds is 5. The molecule has 2 N–H and O–H groups in total. The lowest BCUT2D eigenvalue weighted by atomic mass is 9.87. The number of halogens is 1. The summed E-state index contributed by atoms with van der Waals surface area (Å²) in [6, 6.07) is 13.7. The van der Waals surface area contributed by atoms with E-state index in [0.29, 0.717) is 5.75 Å². The smallest absolute Gasteiger partial charge is 0.405 e. The third-order valence-corrected chi connectivity index (χ3v) is 4.55. The number of nitrogens with two attached hydrogens (primary N) is 1. The normalized spacial score (nSPS) is 17.8. The minimum Gasteiger partial charge on any atom is -0.491 e. The van der Waals surface area contributed by atoms with Crippen molar-refractivity contribution in [3.05, 3.63) is 53.6 Å². The lowest BCUT2D eigenvalue weighted by Crippen LogP contribution is -2.25. The highest BCUT2D eigenvalue weighted by Gasteiger charge is 2.41. The number of fused-ring (bicyclic) bond motifs is 1. The Morgan fingerprint density at radius 2 is 1.88 bits per heavy atom. The number of hydrogen-bond acceptors (Lipinski definition) is 3. The molecular weight excluding hydrogens is 321 g/mol. The van der Waals surface area contributed by atoms with Gasteiger partial charge in [-0.2, -0.15) is 0 Å². The van der Waals surface area contributed by atoms with Gasteiger partial charge in [0.25, 0.3) is 0 Å². The summed E-state index contributed by atoms with van der Waals surface area (Å²) >= 11 is 0. The number of carbonyl (C=O) groups excluding carboxylic acids is 1. The minimum absolute atomic E-state index is 0.0640. The van der Waals surface area contributed by atoms with E-state index in [1.165, 1.54) is 0 Å². The molecule has 2 aromatic carbocycles. The van der Waals surface area contributed by atoms with Gasteiger partial charge in [-0.1, -0.05) is 44.2 Å². The van der Waals surface area contributed by atoms with Crippen molar-refractivity contribution in [3.8, 4) is 16.9 Å². The van der Waals surface area contributed by atoms with Crippen LogP contribution >= 0.6 is 0 Å². The maximum Gasteiger partial charge on any atom is 0.405 e. The average Bonchev–Trinajstić information content (AvgIpc) is 2.82. The van der Waals surface area contributed by atoms with Crippen LogP contribution in [0.4, 0.5) is 9.18 Å². The molecule has 0 fully saturated rings. The Kier molecular flexibility index (Phi) is 4.66. The fourth-order valence-corrected chi connectivity index (χ4v) is 3.44. The van der Waals surface area contributed by atoms with E-state index in [4.69, 9.17) is 15.2 Å². The highest BCUT2D eigenvalue weighted by Crippen LogP contribution is 2.48. The number of primary amides is 1. The maximum atomic E-state index is 12.2. The van der Waals surface area contributed by atoms with Gasteiger partial charge in [-0.3, -0.25) is 0 Å². The van der Waals surface area contributed by atoms with Crippen LogP contribution < -0.4 is 10.5 Å². The number of benzene rings is 2. The van der Waals surface area contributed by atoms with Crippen molar-refractivity contribution in [2.45, 2.75) is 26.4 Å². The zero-order chi connectivity index (χ0) is 18.0. The van der Waals surface area contributed by atoms with Crippen LogP contribution in [-0.2, 0) is 11.2 Å². The summed E-state index contributed by atoms with van der Waals surface area (Å²) < 4.78 is 22.8. The predicted octanol–water partition coefficient (Wildman–Crippen LogP) is 4.42. The van der Waals surface area contributed by atoms with Gasteiger partial charge in [-0.15, -0.1) is 0 Å². The molecule has 1 atom stereocenters. The summed E-state index contributed by atoms with van der Waals surface area (Å²) in [6.07, 6.45) is -0.268. The molecule has 1 aliphatic rings. The molecule has 4 nitrogen and oxygen atoms in total. The van der Waals surface area contributed by atoms with Gasteiger partial charge in [0.2, 0.25) is 0 Å². The second-order valence-electron chi connectivity index (χ2n) is 6.96. The van der Waals surface area contributed by atoms with Gasteiger partial charge in [0.1, 0.15) is 25.1 Å². The summed E-state index contributed by atoms with van der Waals surface area (Å²) in [5, 5.41) is 0. The van der Waals surface area contributed by atoms with Gasteiger partial charge in [-0.05, 0) is 40.8 Å². The SMILES string of the molecule is CC1(C)Cc2cc(-c3ccc(OCCF)cc3)ccc2C1OC(N)=O. The fraction of sp³-hybridized carbons (Fsp3) is 0.350. The Morgan fingerprint density at radius 1 is 1.20 bits per heavy atom. The lowest BCUT2D eigenvalue weighted by molar-refractivity contribution is 0.0392. The third kappa shape index (κ3) is 3.60. The molecule has 0 saturated carbocycles. The summed E-state index contributed by atoms with van der Waals surface area (Å²) in [5.41, 5.74) is 9.32. The van der Waals surface area contributed by atoms with E-state index >= 15 is 0 Å². The number of hydrogen-bond donors (Lipinski definition) is 1. The van der Waals surface area contributed by atoms with E-state index in [1.807, 2.05) is 36.4 Å². The number of amides is 1. The zero-order valence-electron chi connectivity index (χ0n) is 14.4. The molecule has 1 amide bonds. The monoisotopic (exact) mass is 343 g/mol. The van der Waals surface area contributed by atoms with Crippen molar-refractivity contribution < 1.29 is 18.7 Å². The fourth-order valence-electron chi connectivity index (χ4n) is 3.44. The van der Waals surface area contributed by atoms with Crippen molar-refractivity contribution in [1.82, 2.24) is 0 Å². The van der Waals surface area contributed by atoms with E-state index in [0.717, 1.165) is 28.7 Å². The molecule has 0 aromatic heterocycles. The summed E-state index contributed by atoms with van der Waals surface area (Å²) in [7, 11) is 0. The first-order valence-electron chi connectivity index (χ1n) is 8.29. The van der Waals surface area contributed by atoms with Crippen LogP contribution in [0.25, 0.3) is 11.1 Å². The van der Waals surface area contributed by atoms with Gasteiger partial charge < -0.3 is 15.2 Å². The van der Waals surface area contributed by atoms with Crippen LogP contribution in [-0.4, -0.2) is 19.4 Å². The average molecular weight is 343 g/mol. The molecule has 5 heteroatoms. The Morgan fingerprint density at radius 3 is 2.52 bits per heavy atom. The topological polar surface area (TPSA) is 61.6 Å². The van der Waals surface area contributed by atoms with Crippen LogP contribution in [0.15, 0.2) is 42.5 Å². The molecule has 0 heterocycles. The van der Waals surface area contributed by atoms with Gasteiger partial charge in [0.15, 0.2) is 0 Å². The van der Waals surface area contributed by atoms with Crippen molar-refractivity contribution in [1.29, 1.82) is 0 Å². The maximum absolute atomic E-state index is 12.2. The second kappa shape index (κ2) is 6.75. The van der Waals surface area contributed by atoms with E-state index in [9.17, 15) is 9.18 Å². The van der Waals surface area contributed by atoms with Gasteiger partial charge in [0, 0.05) is 5.41 Å². The molecular formula is C20H22FNO3. The van der Waals surface area contributed by atoms with Crippen LogP contribution in [0.5, 0.6) is 5.75 Å². The molecule has 3 rings (SSSR count). The Hall–Kier alpha value is -2.56. The summed E-state index contributed by atoms with van der Waals surface area (Å²) in [4.78, 5) is 11.2. The van der Waals surface area contributed by atoms with Gasteiger partial charge >= 0.3 is 6.09 Å². The standard InChI is InChI=1S/C20H22FNO3/c1-20(2)12-15-11-14(5-8-17(15)18(20)25-19(22)23)13-3-6-16(7-4-13)24-10-9-21/h3-8,11,18H,9-10,12H2,1-2H3,(H2,22,23). The molecule has 132 valence electrons. The van der Waals surface area contributed by atoms with Crippen molar-refractivity contribution in [2.75, 3.05) is 13.3 Å². The van der Waals surface area contributed by atoms with Crippen LogP contribution in [0.3, 0.4) is 0 Å².